The topological polar surface area (TPSA) is 60.9 Å². The van der Waals surface area contributed by atoms with E-state index < -0.39 is 0 Å². The van der Waals surface area contributed by atoms with Crippen molar-refractivity contribution in [2.24, 2.45) is 0 Å². The first-order valence-corrected chi connectivity index (χ1v) is 18.5. The quantitative estimate of drug-likeness (QED) is 0.150. The molecule has 0 saturated heterocycles. The summed E-state index contributed by atoms with van der Waals surface area (Å²) in [4.78, 5) is 50.6. The summed E-state index contributed by atoms with van der Waals surface area (Å²) in [7, 11) is 0. The number of hydrogen-bond donors (Lipinski definition) is 0. The Bertz CT molecular complexity index is 1800. The summed E-state index contributed by atoms with van der Waals surface area (Å²) in [6, 6.07) is 30.0. The molecule has 3 amide bonds. The van der Waals surface area contributed by atoms with Gasteiger partial charge in [-0.3, -0.25) is 14.4 Å². The van der Waals surface area contributed by atoms with Crippen LogP contribution in [0.5, 0.6) is 0 Å². The number of hydrogen-bond acceptors (Lipinski definition) is 3. The lowest BCUT2D eigenvalue weighted by Gasteiger charge is -2.19. The van der Waals surface area contributed by atoms with Crippen molar-refractivity contribution in [1.82, 2.24) is 14.7 Å². The second kappa shape index (κ2) is 14.8. The average Bonchev–Trinajstić information content (AvgIpc) is 3.69. The Morgan fingerprint density at radius 2 is 0.647 bits per heavy atom. The van der Waals surface area contributed by atoms with Gasteiger partial charge in [-0.25, -0.2) is 0 Å². The number of unbranched alkanes of at least 4 members (excludes halogenated alkanes) is 3. The smallest absolute Gasteiger partial charge is 0.259 e. The fourth-order valence-corrected chi connectivity index (χ4v) is 7.48. The summed E-state index contributed by atoms with van der Waals surface area (Å²) in [5.41, 5.74) is 8.28. The Labute approximate surface area is 301 Å². The van der Waals surface area contributed by atoms with E-state index in [1.165, 1.54) is 0 Å². The van der Waals surface area contributed by atoms with Gasteiger partial charge >= 0.3 is 0 Å². The molecule has 0 bridgehead atoms. The molecule has 0 unspecified atom stereocenters. The van der Waals surface area contributed by atoms with Gasteiger partial charge in [-0.2, -0.15) is 0 Å². The van der Waals surface area contributed by atoms with Crippen LogP contribution in [0, 0.1) is 0 Å². The molecule has 0 saturated carbocycles. The molecule has 4 aromatic carbocycles. The van der Waals surface area contributed by atoms with Crippen LogP contribution in [0.4, 0.5) is 0 Å². The van der Waals surface area contributed by atoms with Crippen LogP contribution < -0.4 is 0 Å². The zero-order valence-electron chi connectivity index (χ0n) is 29.8. The Hall–Kier alpha value is -5.49. The fraction of sp³-hybridized carbons (Fsp3) is 0.267. The SMILES string of the molecule is CCCCN1C(=O)c2c(c3c(c4c2/C(=C\c2ccccc2)N(CCCC)C4=O)/C(=C\c2ccccc2)N(CCCC)C3=O)/C1=C/c1ccccc1. The van der Waals surface area contributed by atoms with Crippen molar-refractivity contribution in [1.29, 1.82) is 0 Å². The van der Waals surface area contributed by atoms with Crippen molar-refractivity contribution in [3.63, 3.8) is 0 Å². The molecule has 0 N–H and O–H groups in total. The second-order valence-electron chi connectivity index (χ2n) is 13.5. The molecule has 7 rings (SSSR count). The van der Waals surface area contributed by atoms with Crippen LogP contribution in [0.1, 0.15) is 124 Å². The third kappa shape index (κ3) is 6.13. The van der Waals surface area contributed by atoms with Crippen molar-refractivity contribution in [3.8, 4) is 0 Å². The van der Waals surface area contributed by atoms with Gasteiger partial charge in [0.15, 0.2) is 0 Å². The van der Waals surface area contributed by atoms with Gasteiger partial charge < -0.3 is 14.7 Å². The lowest BCUT2D eigenvalue weighted by Crippen LogP contribution is -2.25. The van der Waals surface area contributed by atoms with Crippen LogP contribution in [-0.4, -0.2) is 52.1 Å². The van der Waals surface area contributed by atoms with Gasteiger partial charge in [0.25, 0.3) is 17.7 Å². The maximum absolute atomic E-state index is 15.0. The maximum Gasteiger partial charge on any atom is 0.259 e. The summed E-state index contributed by atoms with van der Waals surface area (Å²) in [6.07, 6.45) is 11.3. The highest BCUT2D eigenvalue weighted by Gasteiger charge is 2.51. The van der Waals surface area contributed by atoms with Crippen molar-refractivity contribution in [3.05, 3.63) is 141 Å². The molecular weight excluding hydrogens is 631 g/mol. The predicted molar refractivity (Wildman–Crippen MR) is 207 cm³/mol. The van der Waals surface area contributed by atoms with Crippen molar-refractivity contribution in [2.45, 2.75) is 59.3 Å². The molecule has 0 radical (unpaired) electrons. The standard InChI is InChI=1S/C45H45N3O3/c1-4-7-25-46-34(28-31-19-13-10-14-20-31)37-40(43(46)49)38-35(29-32-21-15-11-16-22-32)47(26-8-5-2)45(51)42(38)39-36(30-33-23-17-12-18-24-33)48(27-9-6-3)44(50)41(37)39/h10-24,28-30H,4-9,25-27H2,1-3H3/b34-28-,35-29+,36-30+. The van der Waals surface area contributed by atoms with E-state index >= 15 is 14.4 Å². The third-order valence-electron chi connectivity index (χ3n) is 10.0. The van der Waals surface area contributed by atoms with Crippen LogP contribution in [0.15, 0.2) is 91.0 Å². The van der Waals surface area contributed by atoms with Gasteiger partial charge in [-0.05, 0) is 54.2 Å². The Morgan fingerprint density at radius 3 is 0.882 bits per heavy atom. The fourth-order valence-electron chi connectivity index (χ4n) is 7.48. The minimum atomic E-state index is -0.155. The summed E-state index contributed by atoms with van der Waals surface area (Å²) in [5, 5.41) is 0. The Balaban J connectivity index is 1.62. The molecule has 3 aliphatic heterocycles. The summed E-state index contributed by atoms with van der Waals surface area (Å²) >= 11 is 0. The summed E-state index contributed by atoms with van der Waals surface area (Å²) in [6.45, 7) is 7.88. The molecule has 51 heavy (non-hydrogen) atoms. The third-order valence-corrected chi connectivity index (χ3v) is 10.0. The second-order valence-corrected chi connectivity index (χ2v) is 13.5. The molecule has 6 nitrogen and oxygen atoms in total. The molecule has 0 atom stereocenters. The zero-order chi connectivity index (χ0) is 35.5. The van der Waals surface area contributed by atoms with E-state index in [1.807, 2.05) is 124 Å². The van der Waals surface area contributed by atoms with Crippen LogP contribution >= 0.6 is 0 Å². The molecule has 0 aromatic heterocycles. The van der Waals surface area contributed by atoms with Gasteiger partial charge in [-0.15, -0.1) is 0 Å². The van der Waals surface area contributed by atoms with E-state index in [1.54, 1.807) is 0 Å². The number of carbonyl (C=O) groups is 3. The van der Waals surface area contributed by atoms with E-state index in [4.69, 9.17) is 0 Å². The van der Waals surface area contributed by atoms with Gasteiger partial charge in [0.2, 0.25) is 0 Å². The molecule has 3 aliphatic rings. The minimum Gasteiger partial charge on any atom is -0.308 e. The largest absolute Gasteiger partial charge is 0.308 e. The van der Waals surface area contributed by atoms with Crippen molar-refractivity contribution < 1.29 is 14.4 Å². The van der Waals surface area contributed by atoms with E-state index in [0.29, 0.717) is 53.0 Å². The molecule has 258 valence electrons. The van der Waals surface area contributed by atoms with E-state index in [0.717, 1.165) is 72.3 Å². The minimum absolute atomic E-state index is 0.155. The lowest BCUT2D eigenvalue weighted by atomic mass is 9.86. The van der Waals surface area contributed by atoms with Crippen LogP contribution in [-0.2, 0) is 0 Å². The van der Waals surface area contributed by atoms with Crippen molar-refractivity contribution in [2.75, 3.05) is 19.6 Å². The van der Waals surface area contributed by atoms with E-state index in [9.17, 15) is 0 Å². The molecule has 0 fully saturated rings. The molecule has 0 aliphatic carbocycles. The molecule has 6 heteroatoms. The first-order chi connectivity index (χ1) is 25.0. The van der Waals surface area contributed by atoms with E-state index in [2.05, 4.69) is 20.8 Å². The Kier molecular flexibility index (Phi) is 9.85. The molecule has 0 spiro atoms. The van der Waals surface area contributed by atoms with Crippen LogP contribution in [0.2, 0.25) is 0 Å². The molecular formula is C45H45N3O3. The maximum atomic E-state index is 15.0. The number of rotatable bonds is 12. The number of carbonyl (C=O) groups excluding carboxylic acids is 3. The average molecular weight is 676 g/mol. The highest BCUT2D eigenvalue weighted by atomic mass is 16.2. The number of nitrogens with zero attached hydrogens (tertiary/aromatic N) is 3. The highest BCUT2D eigenvalue weighted by molar-refractivity contribution is 6.29. The number of fused-ring (bicyclic) bond motifs is 6. The monoisotopic (exact) mass is 675 g/mol. The number of amides is 3. The van der Waals surface area contributed by atoms with Crippen LogP contribution in [0.25, 0.3) is 35.3 Å². The first-order valence-electron chi connectivity index (χ1n) is 18.5. The molecule has 4 aromatic rings. The van der Waals surface area contributed by atoms with Gasteiger partial charge in [0.1, 0.15) is 0 Å². The summed E-state index contributed by atoms with van der Waals surface area (Å²) in [5.74, 6) is -0.466. The van der Waals surface area contributed by atoms with E-state index in [-0.39, 0.29) is 17.7 Å². The summed E-state index contributed by atoms with van der Waals surface area (Å²) < 4.78 is 0. The zero-order valence-corrected chi connectivity index (χ0v) is 29.8. The lowest BCUT2D eigenvalue weighted by molar-refractivity contribution is 0.0842. The predicted octanol–water partition coefficient (Wildman–Crippen LogP) is 9.95. The van der Waals surface area contributed by atoms with Crippen molar-refractivity contribution >= 4 is 53.0 Å². The highest BCUT2D eigenvalue weighted by Crippen LogP contribution is 2.53. The van der Waals surface area contributed by atoms with Gasteiger partial charge in [0, 0.05) is 36.3 Å². The Morgan fingerprint density at radius 1 is 0.392 bits per heavy atom. The normalized spacial score (nSPS) is 17.4. The molecule has 3 heterocycles. The van der Waals surface area contributed by atoms with Gasteiger partial charge in [-0.1, -0.05) is 131 Å². The van der Waals surface area contributed by atoms with Crippen LogP contribution in [0.3, 0.4) is 0 Å². The van der Waals surface area contributed by atoms with Gasteiger partial charge in [0.05, 0.1) is 33.8 Å². The number of benzene rings is 4. The first kappa shape index (κ1) is 34.0.